The Kier molecular flexibility index (Phi) is 7.09. The highest BCUT2D eigenvalue weighted by Gasteiger charge is 2.32. The first-order chi connectivity index (χ1) is 17.1. The first kappa shape index (κ1) is 25.0. The van der Waals surface area contributed by atoms with E-state index >= 15 is 0 Å². The molecule has 7 nitrogen and oxygen atoms in total. The summed E-state index contributed by atoms with van der Waals surface area (Å²) in [6, 6.07) is 12.1. The molecule has 188 valence electrons. The molecule has 2 heterocycles. The number of nitrogens with zero attached hydrogens (tertiary/aromatic N) is 3. The first-order valence-corrected chi connectivity index (χ1v) is 10.9. The Morgan fingerprint density at radius 2 is 1.92 bits per heavy atom. The lowest BCUT2D eigenvalue weighted by Crippen LogP contribution is -2.18. The quantitative estimate of drug-likeness (QED) is 0.307. The van der Waals surface area contributed by atoms with E-state index in [-0.39, 0.29) is 26.0 Å². The van der Waals surface area contributed by atoms with Crippen LogP contribution in [0.1, 0.15) is 29.1 Å². The predicted molar refractivity (Wildman–Crippen MR) is 121 cm³/mol. The van der Waals surface area contributed by atoms with Gasteiger partial charge < -0.3 is 19.1 Å². The summed E-state index contributed by atoms with van der Waals surface area (Å²) in [6.45, 7) is 2.19. The molecule has 2 aromatic heterocycles. The number of aromatic nitrogens is 3. The number of rotatable bonds is 9. The number of halogens is 4. The van der Waals surface area contributed by atoms with Gasteiger partial charge in [-0.3, -0.25) is 9.78 Å². The SMILES string of the molecule is Cc1ccc(COc2ccc3nc(CCC(=O)O)n(Cc4ccc(OC(F)(F)F)c(F)c4)c3c2)nc1. The van der Waals surface area contributed by atoms with Crippen molar-refractivity contribution in [3.8, 4) is 11.5 Å². The van der Waals surface area contributed by atoms with Crippen LogP contribution < -0.4 is 9.47 Å². The van der Waals surface area contributed by atoms with Crippen LogP contribution in [0.4, 0.5) is 17.6 Å². The van der Waals surface area contributed by atoms with Crippen LogP contribution in [0.5, 0.6) is 11.5 Å². The third-order valence-corrected chi connectivity index (χ3v) is 5.28. The highest BCUT2D eigenvalue weighted by molar-refractivity contribution is 5.78. The van der Waals surface area contributed by atoms with Gasteiger partial charge in [-0.05, 0) is 48.4 Å². The Balaban J connectivity index is 1.63. The summed E-state index contributed by atoms with van der Waals surface area (Å²) in [5, 5.41) is 9.11. The highest BCUT2D eigenvalue weighted by Crippen LogP contribution is 2.28. The zero-order valence-electron chi connectivity index (χ0n) is 19.1. The molecule has 0 saturated carbocycles. The summed E-state index contributed by atoms with van der Waals surface area (Å²) in [5.74, 6) is -2.18. The molecule has 0 aliphatic carbocycles. The number of carboxylic acids is 1. The van der Waals surface area contributed by atoms with Gasteiger partial charge in [0.25, 0.3) is 0 Å². The maximum absolute atomic E-state index is 14.3. The van der Waals surface area contributed by atoms with Crippen molar-refractivity contribution in [3.05, 3.63) is 83.2 Å². The van der Waals surface area contributed by atoms with Crippen LogP contribution in [0.25, 0.3) is 11.0 Å². The van der Waals surface area contributed by atoms with E-state index in [1.165, 1.54) is 6.07 Å². The number of ether oxygens (including phenoxy) is 2. The molecule has 0 aliphatic rings. The number of fused-ring (bicyclic) bond motifs is 1. The van der Waals surface area contributed by atoms with Crippen molar-refractivity contribution in [1.82, 2.24) is 14.5 Å². The zero-order valence-corrected chi connectivity index (χ0v) is 19.1. The number of carboxylic acid groups (broad SMARTS) is 1. The molecule has 0 unspecified atom stereocenters. The number of hydrogen-bond acceptors (Lipinski definition) is 5. The molecular formula is C25H21F4N3O4. The van der Waals surface area contributed by atoms with Gasteiger partial charge in [0, 0.05) is 25.2 Å². The van der Waals surface area contributed by atoms with E-state index in [9.17, 15) is 22.4 Å². The molecule has 2 aromatic carbocycles. The zero-order chi connectivity index (χ0) is 25.9. The van der Waals surface area contributed by atoms with E-state index in [1.807, 2.05) is 19.1 Å². The van der Waals surface area contributed by atoms with Gasteiger partial charge in [0.05, 0.1) is 23.1 Å². The first-order valence-electron chi connectivity index (χ1n) is 10.9. The normalized spacial score (nSPS) is 11.6. The summed E-state index contributed by atoms with van der Waals surface area (Å²) in [4.78, 5) is 19.9. The minimum absolute atomic E-state index is 0.0393. The standard InChI is InChI=1S/C25H21F4N3O4/c1-15-2-4-17(30-12-15)14-35-18-5-6-20-21(11-18)32(23(31-20)8-9-24(33)34)13-16-3-7-22(19(26)10-16)36-25(27,28)29/h2-7,10-12H,8-9,13-14H2,1H3,(H,33,34). The molecule has 0 bridgehead atoms. The van der Waals surface area contributed by atoms with Crippen LogP contribution in [0.15, 0.2) is 54.7 Å². The van der Waals surface area contributed by atoms with Crippen molar-refractivity contribution >= 4 is 17.0 Å². The lowest BCUT2D eigenvalue weighted by molar-refractivity contribution is -0.275. The predicted octanol–water partition coefficient (Wildman–Crippen LogP) is 5.42. The van der Waals surface area contributed by atoms with Gasteiger partial charge >= 0.3 is 12.3 Å². The Hall–Kier alpha value is -4.15. The molecule has 0 fully saturated rings. The second-order valence-electron chi connectivity index (χ2n) is 8.09. The fraction of sp³-hybridized carbons (Fsp3) is 0.240. The average molecular weight is 503 g/mol. The Morgan fingerprint density at radius 3 is 2.58 bits per heavy atom. The van der Waals surface area contributed by atoms with Crippen molar-refractivity contribution in [2.75, 3.05) is 0 Å². The minimum Gasteiger partial charge on any atom is -0.487 e. The van der Waals surface area contributed by atoms with Crippen molar-refractivity contribution in [2.45, 2.75) is 39.3 Å². The lowest BCUT2D eigenvalue weighted by Gasteiger charge is -2.13. The Labute approximate surface area is 202 Å². The summed E-state index contributed by atoms with van der Waals surface area (Å²) in [7, 11) is 0. The van der Waals surface area contributed by atoms with Gasteiger partial charge in [-0.25, -0.2) is 9.37 Å². The molecule has 0 radical (unpaired) electrons. The fourth-order valence-electron chi connectivity index (χ4n) is 3.60. The number of pyridine rings is 1. The Bertz CT molecular complexity index is 1380. The van der Waals surface area contributed by atoms with E-state index in [0.717, 1.165) is 23.4 Å². The van der Waals surface area contributed by atoms with E-state index < -0.39 is 23.9 Å². The summed E-state index contributed by atoms with van der Waals surface area (Å²) in [6.07, 6.45) is -3.36. The minimum atomic E-state index is -5.02. The topological polar surface area (TPSA) is 86.5 Å². The summed E-state index contributed by atoms with van der Waals surface area (Å²) in [5.41, 5.74) is 3.25. The average Bonchev–Trinajstić information content (AvgIpc) is 3.15. The molecule has 0 atom stereocenters. The number of benzene rings is 2. The number of carbonyl (C=O) groups is 1. The molecule has 0 aliphatic heterocycles. The van der Waals surface area contributed by atoms with Gasteiger partial charge in [-0.15, -0.1) is 13.2 Å². The van der Waals surface area contributed by atoms with Crippen LogP contribution in [0, 0.1) is 12.7 Å². The van der Waals surface area contributed by atoms with Crippen molar-refractivity contribution in [1.29, 1.82) is 0 Å². The van der Waals surface area contributed by atoms with E-state index in [4.69, 9.17) is 9.84 Å². The molecule has 4 rings (SSSR count). The second kappa shape index (κ2) is 10.2. The van der Waals surface area contributed by atoms with Gasteiger partial charge in [0.1, 0.15) is 18.2 Å². The van der Waals surface area contributed by atoms with Crippen molar-refractivity contribution < 1.29 is 36.9 Å². The molecule has 0 spiro atoms. The molecule has 36 heavy (non-hydrogen) atoms. The maximum atomic E-state index is 14.3. The van der Waals surface area contributed by atoms with Crippen LogP contribution in [-0.2, 0) is 24.4 Å². The van der Waals surface area contributed by atoms with Gasteiger partial charge in [0.15, 0.2) is 11.6 Å². The van der Waals surface area contributed by atoms with E-state index in [0.29, 0.717) is 28.2 Å². The molecule has 4 aromatic rings. The monoisotopic (exact) mass is 503 g/mol. The van der Waals surface area contributed by atoms with Crippen molar-refractivity contribution in [3.63, 3.8) is 0 Å². The van der Waals surface area contributed by atoms with E-state index in [1.54, 1.807) is 29.0 Å². The summed E-state index contributed by atoms with van der Waals surface area (Å²) >= 11 is 0. The van der Waals surface area contributed by atoms with Crippen LogP contribution >= 0.6 is 0 Å². The number of imidazole rings is 1. The molecule has 0 amide bonds. The van der Waals surface area contributed by atoms with Crippen LogP contribution in [-0.4, -0.2) is 32.0 Å². The number of aliphatic carboxylic acids is 1. The number of aryl methyl sites for hydroxylation is 2. The number of hydrogen-bond donors (Lipinski definition) is 1. The van der Waals surface area contributed by atoms with Gasteiger partial charge in [0.2, 0.25) is 0 Å². The molecular weight excluding hydrogens is 482 g/mol. The van der Waals surface area contributed by atoms with Crippen LogP contribution in [0.2, 0.25) is 0 Å². The molecule has 1 N–H and O–H groups in total. The van der Waals surface area contributed by atoms with Crippen molar-refractivity contribution in [2.24, 2.45) is 0 Å². The fourth-order valence-corrected chi connectivity index (χ4v) is 3.60. The Morgan fingerprint density at radius 1 is 1.11 bits per heavy atom. The second-order valence-corrected chi connectivity index (χ2v) is 8.09. The molecule has 11 heteroatoms. The third-order valence-electron chi connectivity index (χ3n) is 5.28. The highest BCUT2D eigenvalue weighted by atomic mass is 19.4. The van der Waals surface area contributed by atoms with E-state index in [2.05, 4.69) is 14.7 Å². The van der Waals surface area contributed by atoms with Gasteiger partial charge in [-0.1, -0.05) is 12.1 Å². The smallest absolute Gasteiger partial charge is 0.487 e. The van der Waals surface area contributed by atoms with Gasteiger partial charge in [-0.2, -0.15) is 0 Å². The lowest BCUT2D eigenvalue weighted by atomic mass is 10.2. The number of alkyl halides is 3. The molecule has 0 saturated heterocycles. The van der Waals surface area contributed by atoms with Crippen LogP contribution in [0.3, 0.4) is 0 Å². The maximum Gasteiger partial charge on any atom is 0.573 e. The summed E-state index contributed by atoms with van der Waals surface area (Å²) < 4.78 is 62.9. The largest absolute Gasteiger partial charge is 0.573 e. The third kappa shape index (κ3) is 6.29.